The summed E-state index contributed by atoms with van der Waals surface area (Å²) in [7, 11) is 2.03. The van der Waals surface area contributed by atoms with Gasteiger partial charge in [-0.3, -0.25) is 4.79 Å². The largest absolute Gasteiger partial charge is 0.489 e. The van der Waals surface area contributed by atoms with Gasteiger partial charge >= 0.3 is 5.97 Å². The van der Waals surface area contributed by atoms with Crippen molar-refractivity contribution in [3.8, 4) is 5.75 Å². The summed E-state index contributed by atoms with van der Waals surface area (Å²) in [6.45, 7) is 1.47. The average Bonchev–Trinajstić information content (AvgIpc) is 2.48. The van der Waals surface area contributed by atoms with Gasteiger partial charge in [0.1, 0.15) is 12.4 Å². The number of aliphatic carboxylic acids is 1. The molecular weight excluding hydrogens is 254 g/mol. The summed E-state index contributed by atoms with van der Waals surface area (Å²) >= 11 is 0. The second-order valence-electron chi connectivity index (χ2n) is 5.87. The Kier molecular flexibility index (Phi) is 3.32. The number of para-hydroxylation sites is 1. The van der Waals surface area contributed by atoms with Crippen molar-refractivity contribution >= 4 is 11.7 Å². The molecule has 0 radical (unpaired) electrons. The standard InChI is InChI=1S/C16H21NO3/c1-17-10-11-20-14-12(6-5-7-13(14)17)16(15(18)19)8-3-2-4-9-16/h5-7H,2-4,8-11H2,1H3,(H,18,19). The van der Waals surface area contributed by atoms with Crippen molar-refractivity contribution in [3.63, 3.8) is 0 Å². The first-order valence-corrected chi connectivity index (χ1v) is 7.36. The Morgan fingerprint density at radius 1 is 1.30 bits per heavy atom. The maximum atomic E-state index is 12.0. The molecule has 1 N–H and O–H groups in total. The summed E-state index contributed by atoms with van der Waals surface area (Å²) in [4.78, 5) is 14.1. The predicted molar refractivity (Wildman–Crippen MR) is 77.6 cm³/mol. The number of hydrogen-bond donors (Lipinski definition) is 1. The Morgan fingerprint density at radius 2 is 2.05 bits per heavy atom. The van der Waals surface area contributed by atoms with Crippen molar-refractivity contribution in [1.82, 2.24) is 0 Å². The molecule has 1 aliphatic heterocycles. The summed E-state index contributed by atoms with van der Waals surface area (Å²) in [5.74, 6) is 0.0768. The van der Waals surface area contributed by atoms with E-state index in [2.05, 4.69) is 4.90 Å². The molecule has 0 amide bonds. The summed E-state index contributed by atoms with van der Waals surface area (Å²) < 4.78 is 5.85. The van der Waals surface area contributed by atoms with Crippen LogP contribution in [0.3, 0.4) is 0 Å². The zero-order valence-electron chi connectivity index (χ0n) is 11.9. The molecule has 108 valence electrons. The first kappa shape index (κ1) is 13.3. The van der Waals surface area contributed by atoms with Crippen molar-refractivity contribution in [3.05, 3.63) is 23.8 Å². The van der Waals surface area contributed by atoms with Crippen LogP contribution in [0.5, 0.6) is 5.75 Å². The van der Waals surface area contributed by atoms with Gasteiger partial charge in [-0.25, -0.2) is 0 Å². The number of nitrogens with zero attached hydrogens (tertiary/aromatic N) is 1. The van der Waals surface area contributed by atoms with Gasteiger partial charge < -0.3 is 14.7 Å². The first-order chi connectivity index (χ1) is 9.65. The quantitative estimate of drug-likeness (QED) is 0.901. The fraction of sp³-hybridized carbons (Fsp3) is 0.562. The maximum Gasteiger partial charge on any atom is 0.314 e. The van der Waals surface area contributed by atoms with E-state index in [0.29, 0.717) is 19.4 Å². The lowest BCUT2D eigenvalue weighted by molar-refractivity contribution is -0.145. The lowest BCUT2D eigenvalue weighted by atomic mass is 9.69. The Bertz CT molecular complexity index is 520. The third-order valence-electron chi connectivity index (χ3n) is 4.71. The highest BCUT2D eigenvalue weighted by Gasteiger charge is 2.44. The molecule has 0 atom stereocenters. The van der Waals surface area contributed by atoms with Gasteiger partial charge in [-0.05, 0) is 18.9 Å². The average molecular weight is 275 g/mol. The number of likely N-dealkylation sites (N-methyl/N-ethyl adjacent to an activating group) is 1. The van der Waals surface area contributed by atoms with E-state index >= 15 is 0 Å². The van der Waals surface area contributed by atoms with Gasteiger partial charge in [0.15, 0.2) is 0 Å². The molecule has 2 aliphatic rings. The molecule has 0 unspecified atom stereocenters. The maximum absolute atomic E-state index is 12.0. The van der Waals surface area contributed by atoms with Crippen molar-refractivity contribution in [2.45, 2.75) is 37.5 Å². The number of benzene rings is 1. The normalized spacial score (nSPS) is 20.9. The van der Waals surface area contributed by atoms with Crippen LogP contribution in [-0.4, -0.2) is 31.3 Å². The number of anilines is 1. The molecule has 1 aromatic carbocycles. The van der Waals surface area contributed by atoms with E-state index in [1.165, 1.54) is 0 Å². The van der Waals surface area contributed by atoms with Crippen molar-refractivity contribution < 1.29 is 14.6 Å². The van der Waals surface area contributed by atoms with Crippen LogP contribution < -0.4 is 9.64 Å². The van der Waals surface area contributed by atoms with Crippen molar-refractivity contribution in [1.29, 1.82) is 0 Å². The second kappa shape index (κ2) is 5.00. The summed E-state index contributed by atoms with van der Waals surface area (Å²) in [6, 6.07) is 5.91. The molecule has 0 spiro atoms. The number of ether oxygens (including phenoxy) is 1. The highest BCUT2D eigenvalue weighted by Crippen LogP contribution is 2.47. The molecule has 1 aliphatic carbocycles. The minimum Gasteiger partial charge on any atom is -0.489 e. The molecule has 1 fully saturated rings. The Morgan fingerprint density at radius 3 is 2.75 bits per heavy atom. The molecule has 1 heterocycles. The van der Waals surface area contributed by atoms with Crippen LogP contribution >= 0.6 is 0 Å². The van der Waals surface area contributed by atoms with Crippen LogP contribution in [0.25, 0.3) is 0 Å². The second-order valence-corrected chi connectivity index (χ2v) is 5.87. The summed E-state index contributed by atoms with van der Waals surface area (Å²) in [6.07, 6.45) is 4.51. The fourth-order valence-electron chi connectivity index (χ4n) is 3.51. The van der Waals surface area contributed by atoms with Gasteiger partial charge in [-0.2, -0.15) is 0 Å². The van der Waals surface area contributed by atoms with Crippen LogP contribution in [0.2, 0.25) is 0 Å². The van der Waals surface area contributed by atoms with E-state index in [1.54, 1.807) is 0 Å². The topological polar surface area (TPSA) is 49.8 Å². The van der Waals surface area contributed by atoms with Gasteiger partial charge in [0, 0.05) is 12.6 Å². The Hall–Kier alpha value is -1.71. The number of rotatable bonds is 2. The highest BCUT2D eigenvalue weighted by atomic mass is 16.5. The SMILES string of the molecule is CN1CCOc2c1cccc2C1(C(=O)O)CCCCC1. The van der Waals surface area contributed by atoms with E-state index < -0.39 is 11.4 Å². The third-order valence-corrected chi connectivity index (χ3v) is 4.71. The molecule has 0 aromatic heterocycles. The van der Waals surface area contributed by atoms with E-state index in [0.717, 1.165) is 42.8 Å². The summed E-state index contributed by atoms with van der Waals surface area (Å²) in [5, 5.41) is 9.84. The van der Waals surface area contributed by atoms with Crippen LogP contribution in [0.1, 0.15) is 37.7 Å². The molecule has 3 rings (SSSR count). The van der Waals surface area contributed by atoms with Crippen LogP contribution in [0.15, 0.2) is 18.2 Å². The Balaban J connectivity index is 2.12. The molecule has 20 heavy (non-hydrogen) atoms. The molecule has 0 bridgehead atoms. The number of carbonyl (C=O) groups is 1. The molecule has 1 aromatic rings. The van der Waals surface area contributed by atoms with Crippen LogP contribution in [0.4, 0.5) is 5.69 Å². The number of carboxylic acids is 1. The zero-order valence-corrected chi connectivity index (χ0v) is 11.9. The molecule has 0 saturated heterocycles. The number of carboxylic acid groups (broad SMARTS) is 1. The predicted octanol–water partition coefficient (Wildman–Crippen LogP) is 2.80. The van der Waals surface area contributed by atoms with E-state index in [4.69, 9.17) is 4.74 Å². The lowest BCUT2D eigenvalue weighted by Gasteiger charge is -2.37. The minimum absolute atomic E-state index is 0.621. The zero-order chi connectivity index (χ0) is 14.2. The van der Waals surface area contributed by atoms with E-state index in [1.807, 2.05) is 25.2 Å². The number of fused-ring (bicyclic) bond motifs is 1. The minimum atomic E-state index is -0.762. The van der Waals surface area contributed by atoms with Crippen molar-refractivity contribution in [2.24, 2.45) is 0 Å². The van der Waals surface area contributed by atoms with Gasteiger partial charge in [0.05, 0.1) is 17.6 Å². The van der Waals surface area contributed by atoms with E-state index in [-0.39, 0.29) is 0 Å². The van der Waals surface area contributed by atoms with Crippen LogP contribution in [-0.2, 0) is 10.2 Å². The van der Waals surface area contributed by atoms with Gasteiger partial charge in [0.2, 0.25) is 0 Å². The Labute approximate surface area is 119 Å². The third kappa shape index (κ3) is 1.94. The molecule has 4 nitrogen and oxygen atoms in total. The lowest BCUT2D eigenvalue weighted by Crippen LogP contribution is -2.39. The van der Waals surface area contributed by atoms with E-state index in [9.17, 15) is 9.90 Å². The smallest absolute Gasteiger partial charge is 0.314 e. The number of hydrogen-bond acceptors (Lipinski definition) is 3. The van der Waals surface area contributed by atoms with Gasteiger partial charge in [0.25, 0.3) is 0 Å². The van der Waals surface area contributed by atoms with Crippen LogP contribution in [0, 0.1) is 0 Å². The molecular formula is C16H21NO3. The summed E-state index contributed by atoms with van der Waals surface area (Å²) in [5.41, 5.74) is 1.12. The fourth-order valence-corrected chi connectivity index (χ4v) is 3.51. The van der Waals surface area contributed by atoms with Crippen molar-refractivity contribution in [2.75, 3.05) is 25.1 Å². The molecule has 1 saturated carbocycles. The molecule has 4 heteroatoms. The van der Waals surface area contributed by atoms with Gasteiger partial charge in [-0.15, -0.1) is 0 Å². The highest BCUT2D eigenvalue weighted by molar-refractivity contribution is 5.84. The van der Waals surface area contributed by atoms with Gasteiger partial charge in [-0.1, -0.05) is 31.4 Å². The first-order valence-electron chi connectivity index (χ1n) is 7.36. The monoisotopic (exact) mass is 275 g/mol.